The zero-order chi connectivity index (χ0) is 24.7. The lowest BCUT2D eigenvalue weighted by Crippen LogP contribution is -2.21. The average molecular weight is 483 g/mol. The van der Waals surface area contributed by atoms with Gasteiger partial charge in [0.2, 0.25) is 0 Å². The summed E-state index contributed by atoms with van der Waals surface area (Å²) in [6.45, 7) is 3.20. The maximum atomic E-state index is 12.4. The Hall–Kier alpha value is -4.86. The van der Waals surface area contributed by atoms with E-state index in [1.165, 1.54) is 0 Å². The summed E-state index contributed by atoms with van der Waals surface area (Å²) >= 11 is 0. The highest BCUT2D eigenvalue weighted by Gasteiger charge is 2.11. The summed E-state index contributed by atoms with van der Waals surface area (Å²) in [6, 6.07) is 21.1. The van der Waals surface area contributed by atoms with E-state index in [1.807, 2.05) is 48.5 Å². The van der Waals surface area contributed by atoms with Crippen LogP contribution in [0.3, 0.4) is 0 Å². The van der Waals surface area contributed by atoms with Crippen molar-refractivity contribution in [1.29, 1.82) is 0 Å². The summed E-state index contributed by atoms with van der Waals surface area (Å²) in [6.07, 6.45) is 0. The number of nitrogens with zero attached hydrogens (tertiary/aromatic N) is 2. The molecule has 2 aliphatic heterocycles. The van der Waals surface area contributed by atoms with Gasteiger partial charge in [-0.15, -0.1) is 0 Å². The Kier molecular flexibility index (Phi) is 6.74. The van der Waals surface area contributed by atoms with Crippen LogP contribution < -0.4 is 31.9 Å². The summed E-state index contributed by atoms with van der Waals surface area (Å²) in [5, 5.41) is 17.6. The molecule has 3 aromatic carbocycles. The molecule has 0 radical (unpaired) electrons. The van der Waals surface area contributed by atoms with E-state index >= 15 is 0 Å². The molecule has 4 amide bonds. The number of amidine groups is 2. The van der Waals surface area contributed by atoms with E-state index in [2.05, 4.69) is 41.9 Å². The molecule has 0 aromatic heterocycles. The van der Waals surface area contributed by atoms with Crippen molar-refractivity contribution in [2.75, 3.05) is 47.4 Å². The standard InChI is InChI=1S/C26H26N8O2/c35-25(31-19-6-4-17(5-7-19)23-27-12-13-28-23)32-20-8-10-21(11-9-20)33-26(36)34-22-3-1-2-18(16-22)24-29-14-15-30-24/h1-11,16H,12-15H2,(H,27,28)(H,29,30)(H2,31,32,35)(H2,33,34,36). The molecular weight excluding hydrogens is 456 g/mol. The Morgan fingerprint density at radius 3 is 1.56 bits per heavy atom. The molecule has 6 N–H and O–H groups in total. The van der Waals surface area contributed by atoms with Crippen LogP contribution in [0.15, 0.2) is 82.8 Å². The molecule has 10 heteroatoms. The number of anilines is 4. The minimum atomic E-state index is -0.367. The molecule has 0 fully saturated rings. The molecule has 0 atom stereocenters. The first-order valence-corrected chi connectivity index (χ1v) is 11.7. The lowest BCUT2D eigenvalue weighted by molar-refractivity contribution is 0.261. The lowest BCUT2D eigenvalue weighted by atomic mass is 10.2. The number of nitrogens with one attached hydrogen (secondary N) is 6. The molecule has 5 rings (SSSR count). The lowest BCUT2D eigenvalue weighted by Gasteiger charge is -2.11. The number of carbonyl (C=O) groups excluding carboxylic acids is 2. The zero-order valence-electron chi connectivity index (χ0n) is 19.5. The summed E-state index contributed by atoms with van der Waals surface area (Å²) in [5.41, 5.74) is 4.43. The van der Waals surface area contributed by atoms with Gasteiger partial charge in [-0.1, -0.05) is 12.1 Å². The van der Waals surface area contributed by atoms with Gasteiger partial charge in [-0.25, -0.2) is 9.59 Å². The normalized spacial score (nSPS) is 14.1. The second-order valence-electron chi connectivity index (χ2n) is 8.21. The number of urea groups is 2. The quantitative estimate of drug-likeness (QED) is 0.320. The molecule has 0 aliphatic carbocycles. The van der Waals surface area contributed by atoms with Gasteiger partial charge in [0.15, 0.2) is 0 Å². The van der Waals surface area contributed by atoms with E-state index in [1.54, 1.807) is 24.3 Å². The number of carbonyl (C=O) groups is 2. The van der Waals surface area contributed by atoms with Gasteiger partial charge in [0.25, 0.3) is 0 Å². The molecule has 0 spiro atoms. The number of amides is 4. The van der Waals surface area contributed by atoms with Crippen LogP contribution in [0.4, 0.5) is 32.3 Å². The first kappa shape index (κ1) is 22.9. The van der Waals surface area contributed by atoms with Crippen molar-refractivity contribution in [1.82, 2.24) is 10.6 Å². The minimum absolute atomic E-state index is 0.362. The van der Waals surface area contributed by atoms with E-state index in [-0.39, 0.29) is 12.1 Å². The van der Waals surface area contributed by atoms with E-state index < -0.39 is 0 Å². The Morgan fingerprint density at radius 2 is 1.06 bits per heavy atom. The van der Waals surface area contributed by atoms with Crippen molar-refractivity contribution in [2.45, 2.75) is 0 Å². The zero-order valence-corrected chi connectivity index (χ0v) is 19.5. The maximum absolute atomic E-state index is 12.4. The Bertz CT molecular complexity index is 1320. The largest absolute Gasteiger partial charge is 0.368 e. The number of rotatable bonds is 6. The van der Waals surface area contributed by atoms with Crippen LogP contribution in [0.5, 0.6) is 0 Å². The molecule has 0 saturated carbocycles. The third-order valence-electron chi connectivity index (χ3n) is 5.56. The first-order valence-electron chi connectivity index (χ1n) is 11.7. The van der Waals surface area contributed by atoms with Gasteiger partial charge in [-0.05, 0) is 60.7 Å². The van der Waals surface area contributed by atoms with Crippen LogP contribution in [0.1, 0.15) is 11.1 Å². The fourth-order valence-electron chi connectivity index (χ4n) is 3.86. The number of benzene rings is 3. The predicted molar refractivity (Wildman–Crippen MR) is 143 cm³/mol. The highest BCUT2D eigenvalue weighted by molar-refractivity contribution is 6.04. The van der Waals surface area contributed by atoms with Gasteiger partial charge in [-0.2, -0.15) is 0 Å². The summed E-state index contributed by atoms with van der Waals surface area (Å²) in [4.78, 5) is 33.6. The van der Waals surface area contributed by atoms with Crippen molar-refractivity contribution >= 4 is 46.5 Å². The molecule has 0 unspecified atom stereocenters. The second-order valence-corrected chi connectivity index (χ2v) is 8.21. The van der Waals surface area contributed by atoms with Crippen molar-refractivity contribution < 1.29 is 9.59 Å². The van der Waals surface area contributed by atoms with Crippen molar-refractivity contribution in [3.05, 3.63) is 83.9 Å². The van der Waals surface area contributed by atoms with E-state index in [0.717, 1.165) is 49.0 Å². The molecule has 2 aliphatic rings. The van der Waals surface area contributed by atoms with Crippen LogP contribution in [-0.4, -0.2) is 49.9 Å². The van der Waals surface area contributed by atoms with E-state index in [4.69, 9.17) is 0 Å². The van der Waals surface area contributed by atoms with Gasteiger partial charge < -0.3 is 31.9 Å². The minimum Gasteiger partial charge on any atom is -0.368 e. The SMILES string of the molecule is O=C(Nc1ccc(NC(=O)Nc2cccc(C3=NCCN3)c2)cc1)Nc1ccc(C2=NCCN2)cc1. The smallest absolute Gasteiger partial charge is 0.323 e. The van der Waals surface area contributed by atoms with Gasteiger partial charge >= 0.3 is 12.1 Å². The Balaban J connectivity index is 1.11. The van der Waals surface area contributed by atoms with Gasteiger partial charge in [0.05, 0.1) is 13.1 Å². The topological polar surface area (TPSA) is 131 Å². The summed E-state index contributed by atoms with van der Waals surface area (Å²) < 4.78 is 0. The monoisotopic (exact) mass is 482 g/mol. The van der Waals surface area contributed by atoms with Crippen LogP contribution in [0.25, 0.3) is 0 Å². The molecule has 10 nitrogen and oxygen atoms in total. The van der Waals surface area contributed by atoms with Crippen LogP contribution in [0, 0.1) is 0 Å². The number of hydrogen-bond donors (Lipinski definition) is 6. The molecule has 3 aromatic rings. The average Bonchev–Trinajstić information content (AvgIpc) is 3.61. The second kappa shape index (κ2) is 10.6. The Morgan fingerprint density at radius 1 is 0.583 bits per heavy atom. The van der Waals surface area contributed by atoms with Crippen LogP contribution in [-0.2, 0) is 0 Å². The fraction of sp³-hybridized carbons (Fsp3) is 0.154. The van der Waals surface area contributed by atoms with Crippen LogP contribution >= 0.6 is 0 Å². The predicted octanol–water partition coefficient (Wildman–Crippen LogP) is 3.67. The summed E-state index contributed by atoms with van der Waals surface area (Å²) in [7, 11) is 0. The number of hydrogen-bond acceptors (Lipinski definition) is 6. The maximum Gasteiger partial charge on any atom is 0.323 e. The molecule has 0 bridgehead atoms. The molecular formula is C26H26N8O2. The molecule has 182 valence electrons. The summed E-state index contributed by atoms with van der Waals surface area (Å²) in [5.74, 6) is 1.71. The van der Waals surface area contributed by atoms with Gasteiger partial charge in [-0.3, -0.25) is 9.98 Å². The first-order chi connectivity index (χ1) is 17.6. The Labute approximate surface area is 208 Å². The van der Waals surface area contributed by atoms with E-state index in [0.29, 0.717) is 22.7 Å². The number of aliphatic imine (C=N–C) groups is 2. The van der Waals surface area contributed by atoms with Crippen LogP contribution in [0.2, 0.25) is 0 Å². The van der Waals surface area contributed by atoms with E-state index in [9.17, 15) is 9.59 Å². The molecule has 36 heavy (non-hydrogen) atoms. The van der Waals surface area contributed by atoms with Crippen molar-refractivity contribution in [2.24, 2.45) is 9.98 Å². The third kappa shape index (κ3) is 5.79. The molecule has 2 heterocycles. The fourth-order valence-corrected chi connectivity index (χ4v) is 3.86. The van der Waals surface area contributed by atoms with Gasteiger partial charge in [0.1, 0.15) is 11.7 Å². The van der Waals surface area contributed by atoms with Crippen molar-refractivity contribution in [3.63, 3.8) is 0 Å². The van der Waals surface area contributed by atoms with Gasteiger partial charge in [0, 0.05) is 47.0 Å². The highest BCUT2D eigenvalue weighted by Crippen LogP contribution is 2.17. The van der Waals surface area contributed by atoms with Crippen molar-refractivity contribution in [3.8, 4) is 0 Å². The highest BCUT2D eigenvalue weighted by atomic mass is 16.2. The third-order valence-corrected chi connectivity index (χ3v) is 5.56. The molecule has 0 saturated heterocycles.